The Bertz CT molecular complexity index is 289. The lowest BCUT2D eigenvalue weighted by atomic mass is 10.1. The standard InChI is InChI=1S/C10H13F2NO/c1-7(2)8-3-9(5-13-4-8)14-6-10(11)12/h3-5,7,10H,6H2,1-2H3. The first-order valence-corrected chi connectivity index (χ1v) is 4.45. The van der Waals surface area contributed by atoms with Crippen LogP contribution in [0.25, 0.3) is 0 Å². The van der Waals surface area contributed by atoms with Gasteiger partial charge in [0.15, 0.2) is 0 Å². The van der Waals surface area contributed by atoms with Gasteiger partial charge in [-0.15, -0.1) is 0 Å². The highest BCUT2D eigenvalue weighted by Crippen LogP contribution is 2.18. The zero-order valence-corrected chi connectivity index (χ0v) is 8.21. The molecule has 0 saturated heterocycles. The van der Waals surface area contributed by atoms with Gasteiger partial charge in [-0.1, -0.05) is 13.8 Å². The second kappa shape index (κ2) is 4.88. The maximum absolute atomic E-state index is 11.8. The Morgan fingerprint density at radius 1 is 1.36 bits per heavy atom. The van der Waals surface area contributed by atoms with E-state index in [1.165, 1.54) is 6.20 Å². The summed E-state index contributed by atoms with van der Waals surface area (Å²) >= 11 is 0. The van der Waals surface area contributed by atoms with Crippen molar-refractivity contribution in [3.05, 3.63) is 24.0 Å². The van der Waals surface area contributed by atoms with Gasteiger partial charge in [0.25, 0.3) is 6.43 Å². The molecule has 78 valence electrons. The van der Waals surface area contributed by atoms with Crippen LogP contribution >= 0.6 is 0 Å². The fraction of sp³-hybridized carbons (Fsp3) is 0.500. The van der Waals surface area contributed by atoms with Crippen molar-refractivity contribution in [1.82, 2.24) is 4.98 Å². The van der Waals surface area contributed by atoms with E-state index in [4.69, 9.17) is 4.74 Å². The summed E-state index contributed by atoms with van der Waals surface area (Å²) in [7, 11) is 0. The average molecular weight is 201 g/mol. The van der Waals surface area contributed by atoms with E-state index in [9.17, 15) is 8.78 Å². The summed E-state index contributed by atoms with van der Waals surface area (Å²) in [5, 5.41) is 0. The van der Waals surface area contributed by atoms with Crippen LogP contribution in [0.4, 0.5) is 8.78 Å². The highest BCUT2D eigenvalue weighted by Gasteiger charge is 2.05. The van der Waals surface area contributed by atoms with Crippen LogP contribution in [0.1, 0.15) is 25.3 Å². The molecule has 0 unspecified atom stereocenters. The Morgan fingerprint density at radius 3 is 2.64 bits per heavy atom. The van der Waals surface area contributed by atoms with E-state index < -0.39 is 13.0 Å². The van der Waals surface area contributed by atoms with Crippen LogP contribution in [0.3, 0.4) is 0 Å². The lowest BCUT2D eigenvalue weighted by molar-refractivity contribution is 0.0817. The van der Waals surface area contributed by atoms with Gasteiger partial charge in [-0.2, -0.15) is 0 Å². The zero-order chi connectivity index (χ0) is 10.6. The number of alkyl halides is 2. The van der Waals surface area contributed by atoms with E-state index in [0.717, 1.165) is 5.56 Å². The van der Waals surface area contributed by atoms with Crippen LogP contribution in [0.5, 0.6) is 5.75 Å². The van der Waals surface area contributed by atoms with E-state index in [2.05, 4.69) is 4.98 Å². The van der Waals surface area contributed by atoms with Crippen molar-refractivity contribution >= 4 is 0 Å². The highest BCUT2D eigenvalue weighted by molar-refractivity contribution is 5.25. The molecular formula is C10H13F2NO. The Hall–Kier alpha value is -1.19. The Labute approximate surface area is 81.9 Å². The van der Waals surface area contributed by atoms with Gasteiger partial charge in [-0.05, 0) is 17.5 Å². The summed E-state index contributed by atoms with van der Waals surface area (Å²) in [6.45, 7) is 3.44. The zero-order valence-electron chi connectivity index (χ0n) is 8.21. The van der Waals surface area contributed by atoms with Gasteiger partial charge in [0.2, 0.25) is 0 Å². The van der Waals surface area contributed by atoms with Crippen molar-refractivity contribution in [2.75, 3.05) is 6.61 Å². The molecule has 0 aromatic carbocycles. The smallest absolute Gasteiger partial charge is 0.272 e. The molecule has 4 heteroatoms. The SMILES string of the molecule is CC(C)c1cncc(OCC(F)F)c1. The van der Waals surface area contributed by atoms with Gasteiger partial charge in [0, 0.05) is 6.20 Å². The maximum Gasteiger partial charge on any atom is 0.272 e. The number of hydrogen-bond acceptors (Lipinski definition) is 2. The summed E-state index contributed by atoms with van der Waals surface area (Å²) in [6, 6.07) is 1.74. The molecule has 0 spiro atoms. The van der Waals surface area contributed by atoms with E-state index in [0.29, 0.717) is 11.7 Å². The predicted octanol–water partition coefficient (Wildman–Crippen LogP) is 2.85. The second-order valence-corrected chi connectivity index (χ2v) is 3.31. The molecule has 0 atom stereocenters. The molecule has 2 nitrogen and oxygen atoms in total. The number of pyridine rings is 1. The van der Waals surface area contributed by atoms with Crippen molar-refractivity contribution in [3.63, 3.8) is 0 Å². The minimum atomic E-state index is -2.45. The van der Waals surface area contributed by atoms with Gasteiger partial charge in [0.1, 0.15) is 12.4 Å². The van der Waals surface area contributed by atoms with Crippen LogP contribution < -0.4 is 4.74 Å². The molecule has 0 N–H and O–H groups in total. The number of rotatable bonds is 4. The molecule has 0 radical (unpaired) electrons. The molecule has 0 saturated carbocycles. The van der Waals surface area contributed by atoms with E-state index in [-0.39, 0.29) is 0 Å². The Morgan fingerprint density at radius 2 is 2.07 bits per heavy atom. The number of halogens is 2. The van der Waals surface area contributed by atoms with Crippen molar-refractivity contribution in [3.8, 4) is 5.75 Å². The fourth-order valence-corrected chi connectivity index (χ4v) is 0.989. The van der Waals surface area contributed by atoms with Gasteiger partial charge in [-0.3, -0.25) is 4.98 Å². The lowest BCUT2D eigenvalue weighted by Crippen LogP contribution is -2.07. The molecule has 0 amide bonds. The maximum atomic E-state index is 11.8. The minimum absolute atomic E-state index is 0.317. The number of nitrogens with zero attached hydrogens (tertiary/aromatic N) is 1. The summed E-state index contributed by atoms with van der Waals surface area (Å²) in [4.78, 5) is 3.91. The number of ether oxygens (including phenoxy) is 1. The van der Waals surface area contributed by atoms with Crippen LogP contribution in [-0.4, -0.2) is 18.0 Å². The van der Waals surface area contributed by atoms with Crippen molar-refractivity contribution in [2.45, 2.75) is 26.2 Å². The summed E-state index contributed by atoms with van der Waals surface area (Å²) in [5.74, 6) is 0.717. The third-order valence-electron chi connectivity index (χ3n) is 1.78. The molecule has 1 rings (SSSR count). The Balaban J connectivity index is 2.64. The normalized spacial score (nSPS) is 11.0. The van der Waals surface area contributed by atoms with Crippen LogP contribution in [0.2, 0.25) is 0 Å². The quantitative estimate of drug-likeness (QED) is 0.747. The molecule has 0 aliphatic carbocycles. The molecule has 14 heavy (non-hydrogen) atoms. The first-order chi connectivity index (χ1) is 6.59. The number of aromatic nitrogens is 1. The van der Waals surface area contributed by atoms with Crippen molar-refractivity contribution in [2.24, 2.45) is 0 Å². The van der Waals surface area contributed by atoms with Crippen molar-refractivity contribution < 1.29 is 13.5 Å². The monoisotopic (exact) mass is 201 g/mol. The van der Waals surface area contributed by atoms with Crippen LogP contribution in [0.15, 0.2) is 18.5 Å². The molecule has 1 aromatic heterocycles. The van der Waals surface area contributed by atoms with E-state index in [1.807, 2.05) is 13.8 Å². The first-order valence-electron chi connectivity index (χ1n) is 4.45. The third-order valence-corrected chi connectivity index (χ3v) is 1.78. The average Bonchev–Trinajstić information content (AvgIpc) is 2.15. The topological polar surface area (TPSA) is 22.1 Å². The molecule has 0 aliphatic heterocycles. The molecular weight excluding hydrogens is 188 g/mol. The molecule has 0 aliphatic rings. The highest BCUT2D eigenvalue weighted by atomic mass is 19.3. The molecule has 0 fully saturated rings. The largest absolute Gasteiger partial charge is 0.486 e. The van der Waals surface area contributed by atoms with Gasteiger partial charge in [-0.25, -0.2) is 8.78 Å². The van der Waals surface area contributed by atoms with E-state index in [1.54, 1.807) is 12.3 Å². The minimum Gasteiger partial charge on any atom is -0.486 e. The van der Waals surface area contributed by atoms with Crippen LogP contribution in [0, 0.1) is 0 Å². The van der Waals surface area contributed by atoms with Gasteiger partial charge in [0.05, 0.1) is 6.20 Å². The predicted molar refractivity (Wildman–Crippen MR) is 49.8 cm³/mol. The lowest BCUT2D eigenvalue weighted by Gasteiger charge is -2.08. The van der Waals surface area contributed by atoms with E-state index >= 15 is 0 Å². The van der Waals surface area contributed by atoms with Gasteiger partial charge >= 0.3 is 0 Å². The van der Waals surface area contributed by atoms with Crippen molar-refractivity contribution in [1.29, 1.82) is 0 Å². The van der Waals surface area contributed by atoms with Gasteiger partial charge < -0.3 is 4.74 Å². The first kappa shape index (κ1) is 10.9. The Kier molecular flexibility index (Phi) is 3.80. The molecule has 1 aromatic rings. The second-order valence-electron chi connectivity index (χ2n) is 3.31. The third kappa shape index (κ3) is 3.28. The fourth-order valence-electron chi connectivity index (χ4n) is 0.989. The molecule has 0 bridgehead atoms. The number of hydrogen-bond donors (Lipinski definition) is 0. The molecule has 1 heterocycles. The summed E-state index contributed by atoms with van der Waals surface area (Å²) < 4.78 is 28.5. The summed E-state index contributed by atoms with van der Waals surface area (Å²) in [6.07, 6.45) is 0.700. The van der Waals surface area contributed by atoms with Crippen LogP contribution in [-0.2, 0) is 0 Å². The summed E-state index contributed by atoms with van der Waals surface area (Å²) in [5.41, 5.74) is 0.983.